The molecule has 1 unspecified atom stereocenters. The summed E-state index contributed by atoms with van der Waals surface area (Å²) in [6.45, 7) is 0. The van der Waals surface area contributed by atoms with E-state index in [2.05, 4.69) is 4.98 Å². The van der Waals surface area contributed by atoms with Gasteiger partial charge in [-0.1, -0.05) is 0 Å². The normalized spacial score (nSPS) is 18.8. The Labute approximate surface area is 120 Å². The van der Waals surface area contributed by atoms with Crippen LogP contribution in [0, 0.1) is 5.82 Å². The number of nitrogens with two attached hydrogens (primary N) is 1. The predicted octanol–water partition coefficient (Wildman–Crippen LogP) is 2.72. The summed E-state index contributed by atoms with van der Waals surface area (Å²) in [6.07, 6.45) is 2.13. The molecule has 20 heavy (non-hydrogen) atoms. The number of hydrogen-bond acceptors (Lipinski definition) is 5. The number of thiazole rings is 1. The third-order valence-corrected chi connectivity index (χ3v) is 6.53. The van der Waals surface area contributed by atoms with E-state index in [1.807, 2.05) is 0 Å². The fraction of sp³-hybridized carbons (Fsp3) is 0.308. The number of nitrogen functional groups attached to an aromatic ring is 1. The van der Waals surface area contributed by atoms with E-state index >= 15 is 0 Å². The lowest BCUT2D eigenvalue weighted by Gasteiger charge is -2.21. The maximum absolute atomic E-state index is 12.9. The van der Waals surface area contributed by atoms with Crippen molar-refractivity contribution in [3.63, 3.8) is 0 Å². The number of benzene rings is 1. The van der Waals surface area contributed by atoms with Gasteiger partial charge in [0.15, 0.2) is 15.0 Å². The number of hydrogen-bond donors (Lipinski definition) is 1. The molecular weight excluding hydrogens is 299 g/mol. The number of aryl methyl sites for hydroxylation is 1. The van der Waals surface area contributed by atoms with Crippen LogP contribution in [0.5, 0.6) is 0 Å². The van der Waals surface area contributed by atoms with Crippen LogP contribution in [0.15, 0.2) is 29.2 Å². The van der Waals surface area contributed by atoms with Gasteiger partial charge in [-0.3, -0.25) is 0 Å². The van der Waals surface area contributed by atoms with Crippen LogP contribution >= 0.6 is 11.3 Å². The SMILES string of the molecule is Nc1nc2c(s1)CCCC2S(=O)(=O)c1ccc(F)cc1. The van der Waals surface area contributed by atoms with Crippen LogP contribution in [0.25, 0.3) is 0 Å². The molecule has 106 valence electrons. The zero-order valence-corrected chi connectivity index (χ0v) is 12.2. The Morgan fingerprint density at radius 1 is 1.30 bits per heavy atom. The Morgan fingerprint density at radius 2 is 2.00 bits per heavy atom. The molecule has 0 bridgehead atoms. The second-order valence-corrected chi connectivity index (χ2v) is 7.99. The molecule has 1 aliphatic rings. The molecule has 7 heteroatoms. The first-order chi connectivity index (χ1) is 9.48. The summed E-state index contributed by atoms with van der Waals surface area (Å²) in [6, 6.07) is 4.92. The summed E-state index contributed by atoms with van der Waals surface area (Å²) in [7, 11) is -3.56. The Morgan fingerprint density at radius 3 is 2.70 bits per heavy atom. The lowest BCUT2D eigenvalue weighted by Crippen LogP contribution is -2.19. The van der Waals surface area contributed by atoms with Gasteiger partial charge in [-0.05, 0) is 43.5 Å². The summed E-state index contributed by atoms with van der Waals surface area (Å²) in [5, 5.41) is -0.276. The van der Waals surface area contributed by atoms with E-state index in [-0.39, 0.29) is 4.90 Å². The van der Waals surface area contributed by atoms with E-state index in [0.717, 1.165) is 29.9 Å². The van der Waals surface area contributed by atoms with Crippen molar-refractivity contribution in [3.8, 4) is 0 Å². The van der Waals surface area contributed by atoms with Crippen molar-refractivity contribution in [3.05, 3.63) is 40.7 Å². The summed E-state index contributed by atoms with van der Waals surface area (Å²) in [5.74, 6) is -0.453. The van der Waals surface area contributed by atoms with Crippen LogP contribution in [-0.4, -0.2) is 13.4 Å². The van der Waals surface area contributed by atoms with Gasteiger partial charge in [-0.2, -0.15) is 0 Å². The average molecular weight is 312 g/mol. The van der Waals surface area contributed by atoms with E-state index in [1.54, 1.807) is 0 Å². The van der Waals surface area contributed by atoms with Gasteiger partial charge in [-0.25, -0.2) is 17.8 Å². The Hall–Kier alpha value is -1.47. The monoisotopic (exact) mass is 312 g/mol. The first kappa shape index (κ1) is 13.5. The molecule has 1 aliphatic carbocycles. The van der Waals surface area contributed by atoms with Crippen molar-refractivity contribution in [2.45, 2.75) is 29.4 Å². The van der Waals surface area contributed by atoms with E-state index in [9.17, 15) is 12.8 Å². The molecule has 2 aromatic rings. The highest BCUT2D eigenvalue weighted by molar-refractivity contribution is 7.91. The Balaban J connectivity index is 2.06. The number of anilines is 1. The minimum absolute atomic E-state index is 0.128. The van der Waals surface area contributed by atoms with E-state index < -0.39 is 20.9 Å². The van der Waals surface area contributed by atoms with Crippen LogP contribution in [0.2, 0.25) is 0 Å². The van der Waals surface area contributed by atoms with Crippen LogP contribution in [-0.2, 0) is 16.3 Å². The zero-order valence-electron chi connectivity index (χ0n) is 10.5. The molecule has 0 saturated heterocycles. The van der Waals surface area contributed by atoms with E-state index in [4.69, 9.17) is 5.73 Å². The molecule has 0 aliphatic heterocycles. The van der Waals surface area contributed by atoms with Gasteiger partial charge in [0.25, 0.3) is 0 Å². The third-order valence-electron chi connectivity index (χ3n) is 3.44. The van der Waals surface area contributed by atoms with Gasteiger partial charge in [-0.15, -0.1) is 11.3 Å². The van der Waals surface area contributed by atoms with Crippen molar-refractivity contribution in [1.29, 1.82) is 0 Å². The zero-order chi connectivity index (χ0) is 14.3. The highest BCUT2D eigenvalue weighted by Crippen LogP contribution is 2.41. The fourth-order valence-electron chi connectivity index (χ4n) is 2.49. The lowest BCUT2D eigenvalue weighted by atomic mass is 10.0. The molecule has 1 aromatic heterocycles. The summed E-state index contributed by atoms with van der Waals surface area (Å²) >= 11 is 1.35. The lowest BCUT2D eigenvalue weighted by molar-refractivity contribution is 0.558. The van der Waals surface area contributed by atoms with Crippen LogP contribution in [0.4, 0.5) is 9.52 Å². The van der Waals surface area contributed by atoms with Crippen LogP contribution < -0.4 is 5.73 Å². The van der Waals surface area contributed by atoms with Crippen LogP contribution in [0.3, 0.4) is 0 Å². The van der Waals surface area contributed by atoms with Gasteiger partial charge < -0.3 is 5.73 Å². The number of fused-ring (bicyclic) bond motifs is 1. The van der Waals surface area contributed by atoms with Gasteiger partial charge in [0, 0.05) is 4.88 Å². The second kappa shape index (κ2) is 4.82. The van der Waals surface area contributed by atoms with E-state index in [1.165, 1.54) is 23.5 Å². The summed E-state index contributed by atoms with van der Waals surface area (Å²) in [5.41, 5.74) is 6.26. The highest BCUT2D eigenvalue weighted by atomic mass is 32.2. The number of halogens is 1. The fourth-order valence-corrected chi connectivity index (χ4v) is 5.31. The summed E-state index contributed by atoms with van der Waals surface area (Å²) in [4.78, 5) is 5.26. The van der Waals surface area contributed by atoms with Gasteiger partial charge >= 0.3 is 0 Å². The molecule has 3 rings (SSSR count). The maximum Gasteiger partial charge on any atom is 0.186 e. The van der Waals surface area contributed by atoms with Gasteiger partial charge in [0.05, 0.1) is 10.6 Å². The Bertz CT molecular complexity index is 738. The summed E-state index contributed by atoms with van der Waals surface area (Å²) < 4.78 is 38.3. The molecule has 0 fully saturated rings. The number of rotatable bonds is 2. The quantitative estimate of drug-likeness (QED) is 0.865. The molecule has 1 aromatic carbocycles. The first-order valence-electron chi connectivity index (χ1n) is 6.23. The largest absolute Gasteiger partial charge is 0.375 e. The first-order valence-corrected chi connectivity index (χ1v) is 8.59. The third kappa shape index (κ3) is 2.20. The van der Waals surface area contributed by atoms with Crippen molar-refractivity contribution in [2.24, 2.45) is 0 Å². The minimum Gasteiger partial charge on any atom is -0.375 e. The molecule has 0 saturated carbocycles. The minimum atomic E-state index is -3.56. The number of aromatic nitrogens is 1. The molecule has 1 atom stereocenters. The Kier molecular flexibility index (Phi) is 3.25. The average Bonchev–Trinajstić information content (AvgIpc) is 2.78. The molecule has 1 heterocycles. The van der Waals surface area contributed by atoms with Crippen molar-refractivity contribution < 1.29 is 12.8 Å². The standard InChI is InChI=1S/C13H13FN2O2S2/c14-8-4-6-9(7-5-8)20(17,18)11-3-1-2-10-12(11)16-13(15)19-10/h4-7,11H,1-3H2,(H2,15,16). The molecule has 0 amide bonds. The topological polar surface area (TPSA) is 73.0 Å². The second-order valence-electron chi connectivity index (χ2n) is 4.74. The number of nitrogens with zero attached hydrogens (tertiary/aromatic N) is 1. The van der Waals surface area contributed by atoms with E-state index in [0.29, 0.717) is 17.2 Å². The highest BCUT2D eigenvalue weighted by Gasteiger charge is 2.35. The molecule has 4 nitrogen and oxygen atoms in total. The van der Waals surface area contributed by atoms with Gasteiger partial charge in [0.1, 0.15) is 11.1 Å². The molecule has 2 N–H and O–H groups in total. The number of sulfone groups is 1. The van der Waals surface area contributed by atoms with Crippen molar-refractivity contribution in [2.75, 3.05) is 5.73 Å². The molecular formula is C13H13FN2O2S2. The van der Waals surface area contributed by atoms with Crippen molar-refractivity contribution in [1.82, 2.24) is 4.98 Å². The predicted molar refractivity (Wildman–Crippen MR) is 75.8 cm³/mol. The maximum atomic E-state index is 12.9. The molecule has 0 spiro atoms. The van der Waals surface area contributed by atoms with Crippen LogP contribution in [0.1, 0.15) is 28.7 Å². The molecule has 0 radical (unpaired) electrons. The smallest absolute Gasteiger partial charge is 0.186 e. The van der Waals surface area contributed by atoms with Gasteiger partial charge in [0.2, 0.25) is 0 Å². The van der Waals surface area contributed by atoms with Crippen molar-refractivity contribution >= 4 is 26.3 Å².